The van der Waals surface area contributed by atoms with Gasteiger partial charge in [-0.1, -0.05) is 6.07 Å². The first kappa shape index (κ1) is 14.3. The summed E-state index contributed by atoms with van der Waals surface area (Å²) in [5.41, 5.74) is 0.945. The van der Waals surface area contributed by atoms with E-state index < -0.39 is 0 Å². The van der Waals surface area contributed by atoms with Crippen LogP contribution >= 0.6 is 0 Å². The van der Waals surface area contributed by atoms with E-state index in [0.29, 0.717) is 25.6 Å². The molecule has 0 unspecified atom stereocenters. The van der Waals surface area contributed by atoms with Crippen LogP contribution in [0.4, 0.5) is 0 Å². The largest absolute Gasteiger partial charge is 0.472 e. The van der Waals surface area contributed by atoms with Gasteiger partial charge in [0, 0.05) is 43.9 Å². The zero-order chi connectivity index (χ0) is 14.7. The zero-order valence-corrected chi connectivity index (χ0v) is 12.5. The third-order valence-corrected chi connectivity index (χ3v) is 4.18. The van der Waals surface area contributed by atoms with Crippen LogP contribution in [0.25, 0.3) is 0 Å². The molecule has 21 heavy (non-hydrogen) atoms. The standard InChI is InChI=1S/C16H22N2O3/c1-12-3-2-4-15(17-12)21-14-5-8-18(11-14)16(19)13-6-9-20-10-7-13/h2-4,13-14H,5-11H2,1H3/t14-/m1/s1. The summed E-state index contributed by atoms with van der Waals surface area (Å²) in [7, 11) is 0. The number of carbonyl (C=O) groups excluding carboxylic acids is 1. The van der Waals surface area contributed by atoms with Gasteiger partial charge in [0.15, 0.2) is 0 Å². The molecular weight excluding hydrogens is 268 g/mol. The van der Waals surface area contributed by atoms with Crippen molar-refractivity contribution in [1.29, 1.82) is 0 Å². The van der Waals surface area contributed by atoms with Gasteiger partial charge in [0.05, 0.1) is 6.54 Å². The molecule has 3 heterocycles. The number of carbonyl (C=O) groups is 1. The summed E-state index contributed by atoms with van der Waals surface area (Å²) in [5.74, 6) is 1.05. The van der Waals surface area contributed by atoms with Gasteiger partial charge in [-0.25, -0.2) is 4.98 Å². The molecule has 2 fully saturated rings. The van der Waals surface area contributed by atoms with Gasteiger partial charge >= 0.3 is 0 Å². The maximum Gasteiger partial charge on any atom is 0.225 e. The van der Waals surface area contributed by atoms with Crippen molar-refractivity contribution >= 4 is 5.91 Å². The van der Waals surface area contributed by atoms with Crippen LogP contribution in [0.15, 0.2) is 18.2 Å². The van der Waals surface area contributed by atoms with Crippen LogP contribution in [0, 0.1) is 12.8 Å². The van der Waals surface area contributed by atoms with Crippen molar-refractivity contribution in [1.82, 2.24) is 9.88 Å². The second kappa shape index (κ2) is 6.43. The Kier molecular flexibility index (Phi) is 4.39. The molecule has 2 aliphatic rings. The van der Waals surface area contributed by atoms with Crippen molar-refractivity contribution < 1.29 is 14.3 Å². The zero-order valence-electron chi connectivity index (χ0n) is 12.5. The molecule has 1 amide bonds. The van der Waals surface area contributed by atoms with E-state index in [1.165, 1.54) is 0 Å². The van der Waals surface area contributed by atoms with Crippen LogP contribution < -0.4 is 4.74 Å². The molecule has 0 aliphatic carbocycles. The number of ether oxygens (including phenoxy) is 2. The molecule has 0 radical (unpaired) electrons. The van der Waals surface area contributed by atoms with Crippen molar-refractivity contribution in [3.8, 4) is 5.88 Å². The average molecular weight is 290 g/mol. The third kappa shape index (κ3) is 3.53. The summed E-state index contributed by atoms with van der Waals surface area (Å²) in [4.78, 5) is 18.7. The van der Waals surface area contributed by atoms with E-state index in [1.807, 2.05) is 30.0 Å². The molecule has 5 heteroatoms. The molecule has 2 aliphatic heterocycles. The van der Waals surface area contributed by atoms with Gasteiger partial charge in [0.2, 0.25) is 11.8 Å². The minimum absolute atomic E-state index is 0.0584. The monoisotopic (exact) mass is 290 g/mol. The Labute approximate surface area is 125 Å². The number of likely N-dealkylation sites (tertiary alicyclic amines) is 1. The molecule has 3 rings (SSSR count). The van der Waals surface area contributed by atoms with Gasteiger partial charge < -0.3 is 14.4 Å². The van der Waals surface area contributed by atoms with Gasteiger partial charge in [0.25, 0.3) is 0 Å². The molecule has 2 saturated heterocycles. The number of hydrogen-bond donors (Lipinski definition) is 0. The maximum atomic E-state index is 12.5. The van der Waals surface area contributed by atoms with E-state index in [0.717, 1.165) is 31.5 Å². The fraction of sp³-hybridized carbons (Fsp3) is 0.625. The number of aromatic nitrogens is 1. The Morgan fingerprint density at radius 3 is 2.90 bits per heavy atom. The Bertz CT molecular complexity index is 500. The van der Waals surface area contributed by atoms with E-state index in [1.54, 1.807) is 0 Å². The highest BCUT2D eigenvalue weighted by molar-refractivity contribution is 5.79. The molecule has 0 saturated carbocycles. The van der Waals surface area contributed by atoms with Crippen molar-refractivity contribution in [2.75, 3.05) is 26.3 Å². The summed E-state index contributed by atoms with van der Waals surface area (Å²) in [5, 5.41) is 0. The Morgan fingerprint density at radius 2 is 2.14 bits per heavy atom. The SMILES string of the molecule is Cc1cccc(O[C@@H]2CCN(C(=O)C3CCOCC3)C2)n1. The summed E-state index contributed by atoms with van der Waals surface area (Å²) in [6.45, 7) is 4.82. The molecule has 5 nitrogen and oxygen atoms in total. The summed E-state index contributed by atoms with van der Waals surface area (Å²) < 4.78 is 11.2. The Balaban J connectivity index is 1.54. The molecular formula is C16H22N2O3. The van der Waals surface area contributed by atoms with Crippen LogP contribution in [0.1, 0.15) is 25.0 Å². The summed E-state index contributed by atoms with van der Waals surface area (Å²) in [6.07, 6.45) is 2.63. The number of nitrogens with zero attached hydrogens (tertiary/aromatic N) is 2. The number of hydrogen-bond acceptors (Lipinski definition) is 4. The first-order chi connectivity index (χ1) is 10.2. The molecule has 1 atom stereocenters. The van der Waals surface area contributed by atoms with Crippen molar-refractivity contribution in [3.63, 3.8) is 0 Å². The molecule has 1 aromatic heterocycles. The van der Waals surface area contributed by atoms with Gasteiger partial charge in [-0.15, -0.1) is 0 Å². The molecule has 0 aromatic carbocycles. The van der Waals surface area contributed by atoms with Crippen molar-refractivity contribution in [3.05, 3.63) is 23.9 Å². The van der Waals surface area contributed by atoms with Crippen molar-refractivity contribution in [2.45, 2.75) is 32.3 Å². The fourth-order valence-electron chi connectivity index (χ4n) is 2.98. The van der Waals surface area contributed by atoms with Gasteiger partial charge in [0.1, 0.15) is 6.10 Å². The molecule has 0 N–H and O–H groups in total. The second-order valence-corrected chi connectivity index (χ2v) is 5.82. The lowest BCUT2D eigenvalue weighted by atomic mass is 9.99. The lowest BCUT2D eigenvalue weighted by molar-refractivity contribution is -0.137. The summed E-state index contributed by atoms with van der Waals surface area (Å²) >= 11 is 0. The predicted molar refractivity (Wildman–Crippen MR) is 78.1 cm³/mol. The number of rotatable bonds is 3. The average Bonchev–Trinajstić information content (AvgIpc) is 2.96. The number of amides is 1. The van der Waals surface area contributed by atoms with Gasteiger partial charge in [-0.05, 0) is 25.8 Å². The fourth-order valence-corrected chi connectivity index (χ4v) is 2.98. The lowest BCUT2D eigenvalue weighted by Crippen LogP contribution is -2.38. The third-order valence-electron chi connectivity index (χ3n) is 4.18. The normalized spacial score (nSPS) is 23.3. The highest BCUT2D eigenvalue weighted by Gasteiger charge is 2.32. The highest BCUT2D eigenvalue weighted by Crippen LogP contribution is 2.22. The predicted octanol–water partition coefficient (Wildman–Crippen LogP) is 1.80. The maximum absolute atomic E-state index is 12.5. The molecule has 0 bridgehead atoms. The molecule has 1 aromatic rings. The van der Waals surface area contributed by atoms with E-state index >= 15 is 0 Å². The minimum Gasteiger partial charge on any atom is -0.472 e. The summed E-state index contributed by atoms with van der Waals surface area (Å²) in [6, 6.07) is 5.76. The van der Waals surface area contributed by atoms with Crippen molar-refractivity contribution in [2.24, 2.45) is 5.92 Å². The lowest BCUT2D eigenvalue weighted by Gasteiger charge is -2.26. The van der Waals surface area contributed by atoms with E-state index in [4.69, 9.17) is 9.47 Å². The minimum atomic E-state index is 0.0584. The Hall–Kier alpha value is -1.62. The van der Waals surface area contributed by atoms with Gasteiger partial charge in [-0.3, -0.25) is 4.79 Å². The smallest absolute Gasteiger partial charge is 0.225 e. The number of pyridine rings is 1. The van der Waals surface area contributed by atoms with Crippen LogP contribution in [0.5, 0.6) is 5.88 Å². The van der Waals surface area contributed by atoms with E-state index in [-0.39, 0.29) is 17.9 Å². The Morgan fingerprint density at radius 1 is 1.33 bits per heavy atom. The van der Waals surface area contributed by atoms with E-state index in [2.05, 4.69) is 4.98 Å². The first-order valence-electron chi connectivity index (χ1n) is 7.69. The topological polar surface area (TPSA) is 51.7 Å². The second-order valence-electron chi connectivity index (χ2n) is 5.82. The molecule has 114 valence electrons. The van der Waals surface area contributed by atoms with Crippen LogP contribution in [0.3, 0.4) is 0 Å². The first-order valence-corrected chi connectivity index (χ1v) is 7.69. The van der Waals surface area contributed by atoms with E-state index in [9.17, 15) is 4.79 Å². The molecule has 0 spiro atoms. The van der Waals surface area contributed by atoms with Crippen LogP contribution in [-0.4, -0.2) is 48.2 Å². The van der Waals surface area contributed by atoms with Gasteiger partial charge in [-0.2, -0.15) is 0 Å². The quantitative estimate of drug-likeness (QED) is 0.852. The van der Waals surface area contributed by atoms with Crippen LogP contribution in [0.2, 0.25) is 0 Å². The van der Waals surface area contributed by atoms with Crippen LogP contribution in [-0.2, 0) is 9.53 Å². The number of aryl methyl sites for hydroxylation is 1. The highest BCUT2D eigenvalue weighted by atomic mass is 16.5.